The standard InChI is InChI=1S/C12H7ClF2N2O2/c13-8-5-6(1-2-9(8)18)17-12(19)7-3-4-16-11(15)10(7)14/h1-5,18H,(H,17,19). The fourth-order valence-electron chi connectivity index (χ4n) is 1.38. The van der Waals surface area contributed by atoms with Gasteiger partial charge in [-0.3, -0.25) is 4.79 Å². The van der Waals surface area contributed by atoms with Gasteiger partial charge >= 0.3 is 0 Å². The van der Waals surface area contributed by atoms with Crippen molar-refractivity contribution < 1.29 is 18.7 Å². The minimum absolute atomic E-state index is 0.0270. The Kier molecular flexibility index (Phi) is 3.62. The molecule has 1 aromatic heterocycles. The average molecular weight is 285 g/mol. The number of aromatic hydroxyl groups is 1. The van der Waals surface area contributed by atoms with Crippen LogP contribution in [0.15, 0.2) is 30.5 Å². The normalized spacial score (nSPS) is 10.3. The van der Waals surface area contributed by atoms with Crippen molar-refractivity contribution in [2.75, 3.05) is 5.32 Å². The SMILES string of the molecule is O=C(Nc1ccc(O)c(Cl)c1)c1ccnc(F)c1F. The van der Waals surface area contributed by atoms with E-state index in [4.69, 9.17) is 11.6 Å². The molecule has 2 N–H and O–H groups in total. The summed E-state index contributed by atoms with van der Waals surface area (Å²) < 4.78 is 26.2. The lowest BCUT2D eigenvalue weighted by atomic mass is 10.2. The summed E-state index contributed by atoms with van der Waals surface area (Å²) >= 11 is 5.65. The smallest absolute Gasteiger partial charge is 0.258 e. The van der Waals surface area contributed by atoms with Crippen molar-refractivity contribution >= 4 is 23.2 Å². The van der Waals surface area contributed by atoms with E-state index < -0.39 is 23.2 Å². The molecular weight excluding hydrogens is 278 g/mol. The fourth-order valence-corrected chi connectivity index (χ4v) is 1.56. The summed E-state index contributed by atoms with van der Waals surface area (Å²) in [5, 5.41) is 11.6. The number of carbonyl (C=O) groups excluding carboxylic acids is 1. The number of hydrogen-bond acceptors (Lipinski definition) is 3. The average Bonchev–Trinajstić information content (AvgIpc) is 2.37. The van der Waals surface area contributed by atoms with Gasteiger partial charge in [-0.1, -0.05) is 11.6 Å². The molecule has 0 bridgehead atoms. The van der Waals surface area contributed by atoms with E-state index in [1.165, 1.54) is 18.2 Å². The number of phenolic OH excluding ortho intramolecular Hbond substituents is 1. The highest BCUT2D eigenvalue weighted by molar-refractivity contribution is 6.32. The van der Waals surface area contributed by atoms with E-state index in [0.717, 1.165) is 12.3 Å². The number of aromatic nitrogens is 1. The Morgan fingerprint density at radius 3 is 2.74 bits per heavy atom. The number of carbonyl (C=O) groups is 1. The van der Waals surface area contributed by atoms with E-state index >= 15 is 0 Å². The Morgan fingerprint density at radius 1 is 1.32 bits per heavy atom. The van der Waals surface area contributed by atoms with Crippen LogP contribution in [0.25, 0.3) is 0 Å². The van der Waals surface area contributed by atoms with Gasteiger partial charge in [-0.15, -0.1) is 0 Å². The predicted molar refractivity (Wildman–Crippen MR) is 65.2 cm³/mol. The molecule has 0 fully saturated rings. The highest BCUT2D eigenvalue weighted by Gasteiger charge is 2.16. The Balaban J connectivity index is 2.26. The monoisotopic (exact) mass is 284 g/mol. The Bertz CT molecular complexity index is 650. The van der Waals surface area contributed by atoms with E-state index in [2.05, 4.69) is 10.3 Å². The van der Waals surface area contributed by atoms with Gasteiger partial charge in [0.2, 0.25) is 5.95 Å². The summed E-state index contributed by atoms with van der Waals surface area (Å²) in [6, 6.07) is 4.97. The predicted octanol–water partition coefficient (Wildman–Crippen LogP) is 2.97. The maximum Gasteiger partial charge on any atom is 0.258 e. The molecule has 0 atom stereocenters. The van der Waals surface area contributed by atoms with Gasteiger partial charge in [-0.05, 0) is 24.3 Å². The van der Waals surface area contributed by atoms with Crippen LogP contribution in [0.5, 0.6) is 5.75 Å². The summed E-state index contributed by atoms with van der Waals surface area (Å²) in [6.07, 6.45) is 0.983. The molecule has 1 aromatic carbocycles. The second-order valence-corrected chi connectivity index (χ2v) is 3.99. The maximum atomic E-state index is 13.3. The van der Waals surface area contributed by atoms with Crippen molar-refractivity contribution in [1.29, 1.82) is 0 Å². The number of phenols is 1. The van der Waals surface area contributed by atoms with Crippen molar-refractivity contribution in [2.45, 2.75) is 0 Å². The maximum absolute atomic E-state index is 13.3. The minimum atomic E-state index is -1.35. The van der Waals surface area contributed by atoms with Gasteiger partial charge in [0.25, 0.3) is 5.91 Å². The first-order chi connectivity index (χ1) is 8.99. The van der Waals surface area contributed by atoms with Gasteiger partial charge in [0.1, 0.15) is 5.75 Å². The van der Waals surface area contributed by atoms with Crippen molar-refractivity contribution in [1.82, 2.24) is 4.98 Å². The number of benzene rings is 1. The van der Waals surface area contributed by atoms with Crippen LogP contribution < -0.4 is 5.32 Å². The van der Waals surface area contributed by atoms with Crippen LogP contribution in [-0.4, -0.2) is 16.0 Å². The Labute approximate surface area is 111 Å². The lowest BCUT2D eigenvalue weighted by Crippen LogP contribution is -2.15. The molecule has 7 heteroatoms. The third-order valence-corrected chi connectivity index (χ3v) is 2.60. The van der Waals surface area contributed by atoms with Crippen molar-refractivity contribution in [2.24, 2.45) is 0 Å². The van der Waals surface area contributed by atoms with Crippen LogP contribution in [0.2, 0.25) is 5.02 Å². The van der Waals surface area contributed by atoms with Crippen molar-refractivity contribution in [3.8, 4) is 5.75 Å². The Hall–Kier alpha value is -2.21. The van der Waals surface area contributed by atoms with E-state index in [1.807, 2.05) is 0 Å². The molecule has 1 heterocycles. The van der Waals surface area contributed by atoms with Gasteiger partial charge in [0.05, 0.1) is 10.6 Å². The molecule has 98 valence electrons. The molecule has 0 aliphatic heterocycles. The third kappa shape index (κ3) is 2.79. The first kappa shape index (κ1) is 13.2. The molecule has 19 heavy (non-hydrogen) atoms. The fraction of sp³-hybridized carbons (Fsp3) is 0. The van der Waals surface area contributed by atoms with Crippen molar-refractivity contribution in [3.05, 3.63) is 52.8 Å². The lowest BCUT2D eigenvalue weighted by molar-refractivity contribution is 0.102. The summed E-state index contributed by atoms with van der Waals surface area (Å²) in [5.74, 6) is -3.68. The quantitative estimate of drug-likeness (QED) is 0.658. The van der Waals surface area contributed by atoms with Gasteiger partial charge in [-0.25, -0.2) is 9.37 Å². The van der Waals surface area contributed by atoms with Crippen LogP contribution in [0.4, 0.5) is 14.5 Å². The first-order valence-electron chi connectivity index (χ1n) is 5.09. The van der Waals surface area contributed by atoms with Gasteiger partial charge < -0.3 is 10.4 Å². The number of rotatable bonds is 2. The zero-order chi connectivity index (χ0) is 14.0. The van der Waals surface area contributed by atoms with E-state index in [0.29, 0.717) is 0 Å². The zero-order valence-electron chi connectivity index (χ0n) is 9.32. The van der Waals surface area contributed by atoms with Crippen LogP contribution in [-0.2, 0) is 0 Å². The van der Waals surface area contributed by atoms with Gasteiger partial charge in [0, 0.05) is 11.9 Å². The topological polar surface area (TPSA) is 62.2 Å². The highest BCUT2D eigenvalue weighted by Crippen LogP contribution is 2.26. The van der Waals surface area contributed by atoms with E-state index in [9.17, 15) is 18.7 Å². The molecule has 0 saturated carbocycles. The molecule has 0 radical (unpaired) electrons. The van der Waals surface area contributed by atoms with Crippen LogP contribution in [0.3, 0.4) is 0 Å². The summed E-state index contributed by atoms with van der Waals surface area (Å²) in [4.78, 5) is 14.8. The highest BCUT2D eigenvalue weighted by atomic mass is 35.5. The largest absolute Gasteiger partial charge is 0.506 e. The summed E-state index contributed by atoms with van der Waals surface area (Å²) in [6.45, 7) is 0. The number of nitrogens with zero attached hydrogens (tertiary/aromatic N) is 1. The third-order valence-electron chi connectivity index (χ3n) is 2.30. The number of amides is 1. The lowest BCUT2D eigenvalue weighted by Gasteiger charge is -2.07. The van der Waals surface area contributed by atoms with E-state index in [1.54, 1.807) is 0 Å². The molecule has 0 aliphatic rings. The number of anilines is 1. The molecule has 2 aromatic rings. The molecule has 0 saturated heterocycles. The van der Waals surface area contributed by atoms with Gasteiger partial charge in [-0.2, -0.15) is 4.39 Å². The number of hydrogen-bond donors (Lipinski definition) is 2. The van der Waals surface area contributed by atoms with E-state index in [-0.39, 0.29) is 16.5 Å². The Morgan fingerprint density at radius 2 is 2.05 bits per heavy atom. The molecular formula is C12H7ClF2N2O2. The van der Waals surface area contributed by atoms with Crippen LogP contribution in [0, 0.1) is 11.8 Å². The second kappa shape index (κ2) is 5.19. The minimum Gasteiger partial charge on any atom is -0.506 e. The summed E-state index contributed by atoms with van der Waals surface area (Å²) in [5.41, 5.74) is -0.235. The number of halogens is 3. The molecule has 4 nitrogen and oxygen atoms in total. The number of pyridine rings is 1. The van der Waals surface area contributed by atoms with Crippen LogP contribution in [0.1, 0.15) is 10.4 Å². The molecule has 0 spiro atoms. The number of nitrogens with one attached hydrogen (secondary N) is 1. The molecule has 0 aliphatic carbocycles. The van der Waals surface area contributed by atoms with Crippen molar-refractivity contribution in [3.63, 3.8) is 0 Å². The van der Waals surface area contributed by atoms with Gasteiger partial charge in [0.15, 0.2) is 5.82 Å². The zero-order valence-corrected chi connectivity index (χ0v) is 10.1. The molecule has 0 unspecified atom stereocenters. The molecule has 2 rings (SSSR count). The van der Waals surface area contributed by atoms with Crippen LogP contribution >= 0.6 is 11.6 Å². The molecule has 1 amide bonds. The second-order valence-electron chi connectivity index (χ2n) is 3.58. The first-order valence-corrected chi connectivity index (χ1v) is 5.46. The summed E-state index contributed by atoms with van der Waals surface area (Å²) in [7, 11) is 0.